The molecule has 1 aliphatic rings. The van der Waals surface area contributed by atoms with E-state index in [1.165, 1.54) is 33.4 Å². The molecule has 74 heavy (non-hydrogen) atoms. The molecule has 10 rings (SSSR count). The molecule has 0 fully saturated rings. The van der Waals surface area contributed by atoms with E-state index in [1.807, 2.05) is 73.9 Å². The Morgan fingerprint density at radius 3 is 1.55 bits per heavy atom. The van der Waals surface area contributed by atoms with E-state index in [9.17, 15) is 1.37 Å². The molecule has 1 aliphatic heterocycles. The Kier molecular flexibility index (Phi) is 12.5. The van der Waals surface area contributed by atoms with Crippen molar-refractivity contribution in [3.8, 4) is 39.6 Å². The molecule has 0 radical (unpaired) electrons. The number of hydrogen-bond acceptors (Lipinski definition) is 4. The number of nitrogens with zero attached hydrogens (tertiary/aromatic N) is 4. The van der Waals surface area contributed by atoms with Crippen LogP contribution in [0.1, 0.15) is 136 Å². The van der Waals surface area contributed by atoms with Gasteiger partial charge in [-0.1, -0.05) is 194 Å². The monoisotopic (exact) mass is 1160 g/mol. The summed E-state index contributed by atoms with van der Waals surface area (Å²) >= 11 is 0. The van der Waals surface area contributed by atoms with Crippen LogP contribution in [0.5, 0.6) is 11.5 Å². The van der Waals surface area contributed by atoms with Gasteiger partial charge in [0.05, 0.1) is 4.11 Å². The largest absolute Gasteiger partial charge is 0.509 e. The van der Waals surface area contributed by atoms with Gasteiger partial charge in [0.25, 0.3) is 0 Å². The fourth-order valence-electron chi connectivity index (χ4n) is 9.75. The van der Waals surface area contributed by atoms with Gasteiger partial charge in [-0.05, 0) is 102 Å². The molecule has 6 heteroatoms. The van der Waals surface area contributed by atoms with Crippen molar-refractivity contribution >= 4 is 44.6 Å². The third-order valence-corrected chi connectivity index (χ3v) is 14.2. The Balaban J connectivity index is 0.00000722. The minimum Gasteiger partial charge on any atom is -0.509 e. The number of ether oxygens (including phenoxy) is 1. The quantitative estimate of drug-likeness (QED) is 0.149. The maximum Gasteiger partial charge on any atom is 0.135 e. The standard InChI is InChI=1S/C68H71N4O.Pt/c1-64(2,3)46-32-33-69-62(40-46)72-58-27-17-16-24-56(58)57-31-30-53(42-61(57)72)73-52-23-20-22-51(41-52)70-43-71(60-29-19-18-28-59(60)70)63-54(44-34-47(65(4,5)6)38-48(35-44)66(7,8)9)25-21-26-55(63)45-36-49(67(10,11)12)39-50(37-45)68(13,14)15;/h16-40,43H,1-15H3;/q-3;/i32D,33D,40D;. The van der Waals surface area contributed by atoms with Crippen molar-refractivity contribution in [2.45, 2.75) is 131 Å². The average Bonchev–Trinajstić information content (AvgIpc) is 3.97. The predicted octanol–water partition coefficient (Wildman–Crippen LogP) is 18.8. The van der Waals surface area contributed by atoms with E-state index >= 15 is 0 Å². The first-order chi connectivity index (χ1) is 35.6. The second-order valence-corrected chi connectivity index (χ2v) is 25.0. The maximum atomic E-state index is 9.41. The van der Waals surface area contributed by atoms with Crippen molar-refractivity contribution in [3.05, 3.63) is 198 Å². The first-order valence-corrected chi connectivity index (χ1v) is 25.7. The number of aromatic nitrogens is 2. The summed E-state index contributed by atoms with van der Waals surface area (Å²) in [7, 11) is 0. The van der Waals surface area contributed by atoms with Crippen molar-refractivity contribution in [3.63, 3.8) is 0 Å². The Labute approximate surface area is 460 Å². The number of pyridine rings is 1. The zero-order valence-corrected chi connectivity index (χ0v) is 48.1. The molecule has 0 bridgehead atoms. The first kappa shape index (κ1) is 48.5. The van der Waals surface area contributed by atoms with Crippen molar-refractivity contribution < 1.29 is 29.9 Å². The maximum absolute atomic E-state index is 9.41. The van der Waals surface area contributed by atoms with Crippen LogP contribution in [-0.4, -0.2) is 9.55 Å². The number of hydrogen-bond donors (Lipinski definition) is 0. The number of para-hydroxylation sites is 4. The van der Waals surface area contributed by atoms with Crippen LogP contribution in [0, 0.1) is 18.8 Å². The number of rotatable bonds is 7. The van der Waals surface area contributed by atoms with Crippen LogP contribution in [0.2, 0.25) is 0 Å². The smallest absolute Gasteiger partial charge is 0.135 e. The van der Waals surface area contributed by atoms with Gasteiger partial charge >= 0.3 is 0 Å². The second kappa shape index (κ2) is 19.1. The number of anilines is 4. The summed E-state index contributed by atoms with van der Waals surface area (Å²) in [6, 6.07) is 54.9. The molecule has 2 aromatic heterocycles. The molecular formula is C68H71N4OPt-3. The van der Waals surface area contributed by atoms with E-state index in [-0.39, 0.29) is 66.8 Å². The van der Waals surface area contributed by atoms with Crippen molar-refractivity contribution in [2.24, 2.45) is 0 Å². The van der Waals surface area contributed by atoms with E-state index in [2.05, 4.69) is 202 Å². The minimum atomic E-state index is -0.558. The van der Waals surface area contributed by atoms with Gasteiger partial charge in [0, 0.05) is 72.4 Å². The molecule has 382 valence electrons. The van der Waals surface area contributed by atoms with Gasteiger partial charge in [0.15, 0.2) is 0 Å². The van der Waals surface area contributed by atoms with Crippen LogP contribution in [0.15, 0.2) is 152 Å². The molecule has 0 N–H and O–H groups in total. The van der Waals surface area contributed by atoms with E-state index < -0.39 is 5.41 Å². The van der Waals surface area contributed by atoms with Crippen LogP contribution in [0.25, 0.3) is 49.9 Å². The van der Waals surface area contributed by atoms with E-state index in [4.69, 9.17) is 7.48 Å². The fraction of sp³-hybridized carbons (Fsp3) is 0.294. The Morgan fingerprint density at radius 1 is 0.500 bits per heavy atom. The Hall–Kier alpha value is -6.42. The fourth-order valence-corrected chi connectivity index (χ4v) is 9.75. The summed E-state index contributed by atoms with van der Waals surface area (Å²) in [5.74, 6) is 1.25. The molecule has 0 spiro atoms. The second-order valence-electron chi connectivity index (χ2n) is 25.0. The van der Waals surface area contributed by atoms with Crippen LogP contribution >= 0.6 is 0 Å². The topological polar surface area (TPSA) is 33.5 Å². The molecule has 3 heterocycles. The number of benzene rings is 7. The number of fused-ring (bicyclic) bond motifs is 4. The summed E-state index contributed by atoms with van der Waals surface area (Å²) in [6.45, 7) is 35.7. The van der Waals surface area contributed by atoms with Crippen LogP contribution in [0.4, 0.5) is 22.7 Å². The Morgan fingerprint density at radius 2 is 1.00 bits per heavy atom. The van der Waals surface area contributed by atoms with Gasteiger partial charge in [0.2, 0.25) is 0 Å². The van der Waals surface area contributed by atoms with Gasteiger partial charge in [-0.25, -0.2) is 4.98 Å². The summed E-state index contributed by atoms with van der Waals surface area (Å²) < 4.78 is 35.5. The van der Waals surface area contributed by atoms with E-state index in [0.29, 0.717) is 22.6 Å². The molecule has 0 amide bonds. The molecule has 0 unspecified atom stereocenters. The molecular weight excluding hydrogens is 1080 g/mol. The molecule has 0 atom stereocenters. The van der Waals surface area contributed by atoms with Gasteiger partial charge < -0.3 is 19.1 Å². The molecule has 5 nitrogen and oxygen atoms in total. The first-order valence-electron chi connectivity index (χ1n) is 27.2. The van der Waals surface area contributed by atoms with Crippen molar-refractivity contribution in [2.75, 3.05) is 9.80 Å². The van der Waals surface area contributed by atoms with Gasteiger partial charge in [-0.2, -0.15) is 12.1 Å². The summed E-state index contributed by atoms with van der Waals surface area (Å²) in [5, 5.41) is 1.86. The zero-order valence-electron chi connectivity index (χ0n) is 48.8. The molecule has 0 saturated carbocycles. The molecule has 7 aromatic carbocycles. The Bertz CT molecular complexity index is 3590. The van der Waals surface area contributed by atoms with Gasteiger partial charge in [-0.3, -0.25) is 0 Å². The van der Waals surface area contributed by atoms with Gasteiger partial charge in [-0.15, -0.1) is 48.1 Å². The molecule has 9 aromatic rings. The zero-order chi connectivity index (χ0) is 54.6. The van der Waals surface area contributed by atoms with Crippen molar-refractivity contribution in [1.29, 1.82) is 0 Å². The normalized spacial score (nSPS) is 14.0. The SMILES string of the molecule is [2H]c1nc(-n2c3[c-]c(Oc4[c-]c(N5[CH-]N(c6c(-c7cc(C(C)(C)C)cc(C(C)(C)C)c7)cccc6-c6cc(C(C)(C)C)cc(C(C)(C)C)c6)c6ccccc65)ccc4)ccc3c3ccccc32)c([2H])c(C(C)(C)C)c1[2H].[Pt]. The van der Waals surface area contributed by atoms with E-state index in [1.54, 1.807) is 0 Å². The van der Waals surface area contributed by atoms with E-state index in [0.717, 1.165) is 50.2 Å². The van der Waals surface area contributed by atoms with Crippen LogP contribution in [-0.2, 0) is 48.1 Å². The van der Waals surface area contributed by atoms with Crippen LogP contribution in [0.3, 0.4) is 0 Å². The predicted molar refractivity (Wildman–Crippen MR) is 309 cm³/mol. The van der Waals surface area contributed by atoms with Crippen molar-refractivity contribution in [1.82, 2.24) is 9.55 Å². The summed E-state index contributed by atoms with van der Waals surface area (Å²) in [5.41, 5.74) is 14.8. The third-order valence-electron chi connectivity index (χ3n) is 14.2. The summed E-state index contributed by atoms with van der Waals surface area (Å²) in [4.78, 5) is 9.15. The average molecular weight is 1160 g/mol. The van der Waals surface area contributed by atoms with Crippen LogP contribution < -0.4 is 14.5 Å². The molecule has 0 saturated heterocycles. The minimum absolute atomic E-state index is 0. The van der Waals surface area contributed by atoms with Gasteiger partial charge in [0.1, 0.15) is 5.82 Å². The third kappa shape index (κ3) is 10.1. The summed E-state index contributed by atoms with van der Waals surface area (Å²) in [6.07, 6.45) is -0.173. The molecule has 0 aliphatic carbocycles.